The number of imide groups is 1. The van der Waals surface area contributed by atoms with Crippen LogP contribution in [0.3, 0.4) is 0 Å². The number of esters is 1. The average Bonchev–Trinajstić information content (AvgIpc) is 3.08. The van der Waals surface area contributed by atoms with Gasteiger partial charge in [-0.25, -0.2) is 9.69 Å². The van der Waals surface area contributed by atoms with Crippen LogP contribution < -0.4 is 15.5 Å². The number of halogens is 3. The fraction of sp³-hybridized carbons (Fsp3) is 0.0400. The minimum absolute atomic E-state index is 0.0977. The first-order chi connectivity index (χ1) is 17.2. The second-order valence-electron chi connectivity index (χ2n) is 7.46. The predicted octanol–water partition coefficient (Wildman–Crippen LogP) is 5.47. The lowest BCUT2D eigenvalue weighted by atomic mass is 10.1. The summed E-state index contributed by atoms with van der Waals surface area (Å²) in [5, 5.41) is 5.62. The molecule has 2 N–H and O–H groups in total. The molecule has 0 saturated heterocycles. The van der Waals surface area contributed by atoms with E-state index in [2.05, 4.69) is 15.4 Å². The average molecular weight is 545 g/mol. The van der Waals surface area contributed by atoms with Crippen LogP contribution >= 0.6 is 34.8 Å². The normalized spacial score (nSPS) is 13.2. The van der Waals surface area contributed by atoms with E-state index < -0.39 is 23.7 Å². The fourth-order valence-corrected chi connectivity index (χ4v) is 3.96. The van der Waals surface area contributed by atoms with Crippen LogP contribution in [0.25, 0.3) is 0 Å². The summed E-state index contributed by atoms with van der Waals surface area (Å²) in [6.45, 7) is 0. The van der Waals surface area contributed by atoms with Gasteiger partial charge in [0.1, 0.15) is 10.7 Å². The Morgan fingerprint density at radius 1 is 0.833 bits per heavy atom. The monoisotopic (exact) mass is 543 g/mol. The highest BCUT2D eigenvalue weighted by molar-refractivity contribution is 6.54. The van der Waals surface area contributed by atoms with Crippen LogP contribution in [0, 0.1) is 0 Å². The molecule has 182 valence electrons. The maximum Gasteiger partial charge on any atom is 0.337 e. The van der Waals surface area contributed by atoms with E-state index in [1.807, 2.05) is 0 Å². The third-order valence-electron chi connectivity index (χ3n) is 5.13. The lowest BCUT2D eigenvalue weighted by Crippen LogP contribution is -2.32. The molecule has 0 atom stereocenters. The first kappa shape index (κ1) is 25.2. The molecule has 36 heavy (non-hydrogen) atoms. The highest BCUT2D eigenvalue weighted by Gasteiger charge is 2.40. The molecule has 1 aliphatic heterocycles. The molecular formula is C25H16Cl3N3O5. The van der Waals surface area contributed by atoms with Crippen molar-refractivity contribution in [1.82, 2.24) is 0 Å². The van der Waals surface area contributed by atoms with Gasteiger partial charge in [0.15, 0.2) is 0 Å². The maximum absolute atomic E-state index is 13.0. The van der Waals surface area contributed by atoms with Crippen LogP contribution in [-0.4, -0.2) is 30.8 Å². The summed E-state index contributed by atoms with van der Waals surface area (Å²) >= 11 is 18.3. The molecule has 8 nitrogen and oxygen atoms in total. The Labute approximate surface area is 220 Å². The van der Waals surface area contributed by atoms with Gasteiger partial charge in [-0.3, -0.25) is 14.4 Å². The summed E-state index contributed by atoms with van der Waals surface area (Å²) in [5.74, 6) is -2.42. The maximum atomic E-state index is 13.0. The molecule has 0 radical (unpaired) electrons. The smallest absolute Gasteiger partial charge is 0.337 e. The molecule has 3 aromatic carbocycles. The number of amides is 3. The lowest BCUT2D eigenvalue weighted by Gasteiger charge is -2.17. The molecule has 1 heterocycles. The number of hydrogen-bond donors (Lipinski definition) is 2. The lowest BCUT2D eigenvalue weighted by molar-refractivity contribution is -0.120. The number of carbonyl (C=O) groups excluding carboxylic acids is 4. The van der Waals surface area contributed by atoms with E-state index in [9.17, 15) is 19.2 Å². The molecule has 3 amide bonds. The number of rotatable bonds is 6. The minimum atomic E-state index is -0.766. The van der Waals surface area contributed by atoms with Gasteiger partial charge in [0.25, 0.3) is 17.7 Å². The molecule has 11 heteroatoms. The Kier molecular flexibility index (Phi) is 7.30. The number of anilines is 3. The van der Waals surface area contributed by atoms with E-state index in [-0.39, 0.29) is 32.0 Å². The molecular weight excluding hydrogens is 529 g/mol. The molecule has 0 spiro atoms. The van der Waals surface area contributed by atoms with E-state index in [1.165, 1.54) is 43.5 Å². The minimum Gasteiger partial charge on any atom is -0.465 e. The second kappa shape index (κ2) is 10.4. The molecule has 4 rings (SSSR count). The van der Waals surface area contributed by atoms with Crippen molar-refractivity contribution >= 4 is 75.6 Å². The first-order valence-electron chi connectivity index (χ1n) is 10.3. The molecule has 1 aliphatic rings. The zero-order valence-electron chi connectivity index (χ0n) is 18.5. The molecule has 0 saturated carbocycles. The van der Waals surface area contributed by atoms with Gasteiger partial charge in [-0.2, -0.15) is 0 Å². The highest BCUT2D eigenvalue weighted by atomic mass is 35.5. The van der Waals surface area contributed by atoms with Gasteiger partial charge in [-0.05, 0) is 60.7 Å². The predicted molar refractivity (Wildman–Crippen MR) is 138 cm³/mol. The Balaban J connectivity index is 1.51. The third-order valence-corrected chi connectivity index (χ3v) is 6.04. The van der Waals surface area contributed by atoms with Crippen LogP contribution in [0.2, 0.25) is 10.0 Å². The van der Waals surface area contributed by atoms with Crippen molar-refractivity contribution in [2.75, 3.05) is 22.6 Å². The fourth-order valence-electron chi connectivity index (χ4n) is 3.38. The summed E-state index contributed by atoms with van der Waals surface area (Å²) in [4.78, 5) is 50.9. The Hall–Kier alpha value is -3.85. The SMILES string of the molecule is COC(=O)c1ccc(NC(=O)c2cccc(NC3=C(Cl)C(=O)N(c4cc(Cl)ccc4Cl)C3=O)c2)cc1. The van der Waals surface area contributed by atoms with Crippen LogP contribution in [0.1, 0.15) is 20.7 Å². The van der Waals surface area contributed by atoms with Gasteiger partial charge in [0.2, 0.25) is 0 Å². The van der Waals surface area contributed by atoms with Crippen molar-refractivity contribution < 1.29 is 23.9 Å². The summed E-state index contributed by atoms with van der Waals surface area (Å²) < 4.78 is 4.65. The number of nitrogens with zero attached hydrogens (tertiary/aromatic N) is 1. The van der Waals surface area contributed by atoms with E-state index in [1.54, 1.807) is 30.3 Å². The molecule has 0 unspecified atom stereocenters. The molecule has 0 aliphatic carbocycles. The van der Waals surface area contributed by atoms with Gasteiger partial charge >= 0.3 is 5.97 Å². The second-order valence-corrected chi connectivity index (χ2v) is 8.68. The number of hydrogen-bond acceptors (Lipinski definition) is 6. The van der Waals surface area contributed by atoms with Crippen molar-refractivity contribution in [2.45, 2.75) is 0 Å². The van der Waals surface area contributed by atoms with Gasteiger partial charge in [-0.15, -0.1) is 0 Å². The number of carbonyl (C=O) groups is 4. The zero-order chi connectivity index (χ0) is 26.0. The van der Waals surface area contributed by atoms with Crippen LogP contribution in [-0.2, 0) is 14.3 Å². The van der Waals surface area contributed by atoms with E-state index in [4.69, 9.17) is 34.8 Å². The summed E-state index contributed by atoms with van der Waals surface area (Å²) in [6, 6.07) is 16.8. The van der Waals surface area contributed by atoms with Crippen molar-refractivity contribution in [1.29, 1.82) is 0 Å². The van der Waals surface area contributed by atoms with Crippen molar-refractivity contribution in [3.63, 3.8) is 0 Å². The van der Waals surface area contributed by atoms with Gasteiger partial charge in [-0.1, -0.05) is 40.9 Å². The van der Waals surface area contributed by atoms with E-state index in [0.29, 0.717) is 16.9 Å². The van der Waals surface area contributed by atoms with Crippen molar-refractivity contribution in [3.05, 3.63) is 98.6 Å². The number of nitrogens with one attached hydrogen (secondary N) is 2. The van der Waals surface area contributed by atoms with Crippen LogP contribution in [0.5, 0.6) is 0 Å². The number of ether oxygens (including phenoxy) is 1. The van der Waals surface area contributed by atoms with E-state index in [0.717, 1.165) is 4.90 Å². The quantitative estimate of drug-likeness (QED) is 0.315. The van der Waals surface area contributed by atoms with Crippen LogP contribution in [0.4, 0.5) is 17.1 Å². The third kappa shape index (κ3) is 5.06. The Bertz CT molecular complexity index is 1440. The molecule has 0 bridgehead atoms. The highest BCUT2D eigenvalue weighted by Crippen LogP contribution is 2.35. The largest absolute Gasteiger partial charge is 0.465 e. The number of methoxy groups -OCH3 is 1. The van der Waals surface area contributed by atoms with E-state index >= 15 is 0 Å². The first-order valence-corrected chi connectivity index (χ1v) is 11.4. The standard InChI is InChI=1S/C25H16Cl3N3O5/c1-36-25(35)13-5-8-16(9-6-13)30-22(32)14-3-2-4-17(11-14)29-21-20(28)23(33)31(24(21)34)19-12-15(26)7-10-18(19)27/h2-12,29H,1H3,(H,30,32). The van der Waals surface area contributed by atoms with Crippen molar-refractivity contribution in [3.8, 4) is 0 Å². The summed E-state index contributed by atoms with van der Waals surface area (Å²) in [7, 11) is 1.28. The molecule has 3 aromatic rings. The van der Waals surface area contributed by atoms with Gasteiger partial charge in [0, 0.05) is 22.0 Å². The van der Waals surface area contributed by atoms with Crippen LogP contribution in [0.15, 0.2) is 77.5 Å². The Morgan fingerprint density at radius 3 is 2.25 bits per heavy atom. The van der Waals surface area contributed by atoms with Gasteiger partial charge < -0.3 is 15.4 Å². The topological polar surface area (TPSA) is 105 Å². The molecule has 0 aromatic heterocycles. The van der Waals surface area contributed by atoms with Crippen molar-refractivity contribution in [2.24, 2.45) is 0 Å². The summed E-state index contributed by atoms with van der Waals surface area (Å²) in [6.07, 6.45) is 0. The van der Waals surface area contributed by atoms with Gasteiger partial charge in [0.05, 0.1) is 23.4 Å². The Morgan fingerprint density at radius 2 is 1.56 bits per heavy atom. The zero-order valence-corrected chi connectivity index (χ0v) is 20.7. The number of benzene rings is 3. The molecule has 0 fully saturated rings. The summed E-state index contributed by atoms with van der Waals surface area (Å²) in [5.41, 5.74) is 1.34.